The summed E-state index contributed by atoms with van der Waals surface area (Å²) in [6.07, 6.45) is -5.07. The highest BCUT2D eigenvalue weighted by Crippen LogP contribution is 2.34. The highest BCUT2D eigenvalue weighted by molar-refractivity contribution is 6.10. The van der Waals surface area contributed by atoms with Crippen molar-refractivity contribution in [3.8, 4) is 0 Å². The number of amides is 4. The Bertz CT molecular complexity index is 1010. The molecule has 0 aromatic heterocycles. The Morgan fingerprint density at radius 3 is 2.12 bits per heavy atom. The number of alkyl halides is 3. The zero-order valence-corrected chi connectivity index (χ0v) is 17.9. The lowest BCUT2D eigenvalue weighted by Gasteiger charge is -2.30. The quantitative estimate of drug-likeness (QED) is 0.685. The maximum absolute atomic E-state index is 14.0. The van der Waals surface area contributed by atoms with E-state index in [1.807, 2.05) is 20.8 Å². The summed E-state index contributed by atoms with van der Waals surface area (Å²) in [4.78, 5) is 38.1. The Hall–Kier alpha value is -3.36. The van der Waals surface area contributed by atoms with E-state index >= 15 is 0 Å². The summed E-state index contributed by atoms with van der Waals surface area (Å²) in [6.45, 7) is 5.61. The number of imide groups is 1. The predicted molar refractivity (Wildman–Crippen MR) is 112 cm³/mol. The van der Waals surface area contributed by atoms with Crippen LogP contribution >= 0.6 is 0 Å². The van der Waals surface area contributed by atoms with Crippen molar-refractivity contribution in [2.24, 2.45) is 0 Å². The minimum Gasteiger partial charge on any atom is -0.314 e. The molecule has 0 spiro atoms. The van der Waals surface area contributed by atoms with Gasteiger partial charge in [-0.1, -0.05) is 63.2 Å². The number of urea groups is 1. The van der Waals surface area contributed by atoms with Gasteiger partial charge in [0.25, 0.3) is 17.5 Å². The minimum atomic E-state index is -5.25. The Labute approximate surface area is 183 Å². The van der Waals surface area contributed by atoms with Crippen molar-refractivity contribution in [3.05, 3.63) is 71.3 Å². The molecule has 4 amide bonds. The Balaban J connectivity index is 1.83. The maximum atomic E-state index is 14.0. The van der Waals surface area contributed by atoms with Gasteiger partial charge in [0.15, 0.2) is 0 Å². The molecule has 3 rings (SSSR count). The first-order chi connectivity index (χ1) is 14.8. The SMILES string of the molecule is CC(C)(C)c1ccc(C(=O)N[C@@]2(C(F)(F)F)NC(=O)N(CCc3ccccc3)C2=O)cc1. The second kappa shape index (κ2) is 8.29. The number of halogens is 3. The van der Waals surface area contributed by atoms with Crippen molar-refractivity contribution in [1.82, 2.24) is 15.5 Å². The molecule has 1 saturated heterocycles. The molecule has 2 aromatic carbocycles. The van der Waals surface area contributed by atoms with Crippen LogP contribution in [0.3, 0.4) is 0 Å². The van der Waals surface area contributed by atoms with Gasteiger partial charge in [0.05, 0.1) is 0 Å². The van der Waals surface area contributed by atoms with E-state index in [1.54, 1.807) is 53.1 Å². The van der Waals surface area contributed by atoms with Gasteiger partial charge in [-0.15, -0.1) is 0 Å². The topological polar surface area (TPSA) is 78.5 Å². The molecule has 6 nitrogen and oxygen atoms in total. The Kier molecular flexibility index (Phi) is 6.04. The number of carbonyl (C=O) groups excluding carboxylic acids is 3. The number of benzene rings is 2. The van der Waals surface area contributed by atoms with Gasteiger partial charge in [-0.2, -0.15) is 13.2 Å². The highest BCUT2D eigenvalue weighted by atomic mass is 19.4. The van der Waals surface area contributed by atoms with E-state index in [4.69, 9.17) is 0 Å². The standard InChI is InChI=1S/C23H24F3N3O3/c1-21(2,3)17-11-9-16(10-12-17)18(30)27-22(23(24,25)26)19(31)29(20(32)28-22)14-13-15-7-5-4-6-8-15/h4-12H,13-14H2,1-3H3,(H,27,30)(H,28,32)/t22-/m1/s1. The lowest BCUT2D eigenvalue weighted by Crippen LogP contribution is -2.69. The smallest absolute Gasteiger partial charge is 0.314 e. The van der Waals surface area contributed by atoms with Gasteiger partial charge >= 0.3 is 12.2 Å². The van der Waals surface area contributed by atoms with E-state index in [0.717, 1.165) is 11.1 Å². The van der Waals surface area contributed by atoms with Crippen LogP contribution in [0.4, 0.5) is 18.0 Å². The van der Waals surface area contributed by atoms with Crippen LogP contribution in [0.5, 0.6) is 0 Å². The zero-order chi connectivity index (χ0) is 23.7. The predicted octanol–water partition coefficient (Wildman–Crippen LogP) is 3.77. The van der Waals surface area contributed by atoms with E-state index in [1.165, 1.54) is 12.1 Å². The second-order valence-corrected chi connectivity index (χ2v) is 8.65. The lowest BCUT2D eigenvalue weighted by atomic mass is 9.86. The molecule has 1 aliphatic heterocycles. The molecule has 0 bridgehead atoms. The number of nitrogens with one attached hydrogen (secondary N) is 2. The summed E-state index contributed by atoms with van der Waals surface area (Å²) in [6, 6.07) is 13.5. The Morgan fingerprint density at radius 2 is 1.59 bits per heavy atom. The summed E-state index contributed by atoms with van der Waals surface area (Å²) in [7, 11) is 0. The average Bonchev–Trinajstić information content (AvgIpc) is 2.96. The van der Waals surface area contributed by atoms with Crippen LogP contribution in [0, 0.1) is 0 Å². The van der Waals surface area contributed by atoms with E-state index in [0.29, 0.717) is 4.90 Å². The van der Waals surface area contributed by atoms with Gasteiger partial charge in [-0.05, 0) is 35.1 Å². The van der Waals surface area contributed by atoms with Crippen molar-refractivity contribution in [2.75, 3.05) is 6.54 Å². The van der Waals surface area contributed by atoms with Gasteiger partial charge in [0.1, 0.15) is 0 Å². The van der Waals surface area contributed by atoms with E-state index in [9.17, 15) is 27.6 Å². The van der Waals surface area contributed by atoms with Crippen LogP contribution in [0.25, 0.3) is 0 Å². The van der Waals surface area contributed by atoms with Crippen LogP contribution in [-0.2, 0) is 16.6 Å². The molecule has 32 heavy (non-hydrogen) atoms. The number of rotatable bonds is 5. The first-order valence-electron chi connectivity index (χ1n) is 10.0. The fourth-order valence-corrected chi connectivity index (χ4v) is 3.38. The number of hydrogen-bond acceptors (Lipinski definition) is 3. The van der Waals surface area contributed by atoms with E-state index in [2.05, 4.69) is 0 Å². The third kappa shape index (κ3) is 4.46. The van der Waals surface area contributed by atoms with Gasteiger partial charge in [-0.3, -0.25) is 19.8 Å². The summed E-state index contributed by atoms with van der Waals surface area (Å²) in [5.74, 6) is -2.69. The second-order valence-electron chi connectivity index (χ2n) is 8.65. The normalized spacial score (nSPS) is 19.1. The van der Waals surface area contributed by atoms with E-state index in [-0.39, 0.29) is 23.9 Å². The van der Waals surface area contributed by atoms with Crippen molar-refractivity contribution in [2.45, 2.75) is 44.4 Å². The van der Waals surface area contributed by atoms with Crippen molar-refractivity contribution in [1.29, 1.82) is 0 Å². The maximum Gasteiger partial charge on any atom is 0.440 e. The Morgan fingerprint density at radius 1 is 1.00 bits per heavy atom. The fraction of sp³-hybridized carbons (Fsp3) is 0.348. The number of hydrogen-bond donors (Lipinski definition) is 2. The molecule has 1 heterocycles. The van der Waals surface area contributed by atoms with Crippen LogP contribution in [0.15, 0.2) is 54.6 Å². The monoisotopic (exact) mass is 447 g/mol. The summed E-state index contributed by atoms with van der Waals surface area (Å²) >= 11 is 0. The number of carbonyl (C=O) groups is 3. The third-order valence-electron chi connectivity index (χ3n) is 5.31. The lowest BCUT2D eigenvalue weighted by molar-refractivity contribution is -0.200. The van der Waals surface area contributed by atoms with Crippen molar-refractivity contribution in [3.63, 3.8) is 0 Å². The fourth-order valence-electron chi connectivity index (χ4n) is 3.38. The molecule has 170 valence electrons. The van der Waals surface area contributed by atoms with Crippen LogP contribution < -0.4 is 10.6 Å². The first-order valence-corrected chi connectivity index (χ1v) is 10.0. The summed E-state index contributed by atoms with van der Waals surface area (Å²) in [5.41, 5.74) is -2.17. The van der Waals surface area contributed by atoms with Gasteiger partial charge in [0, 0.05) is 12.1 Å². The molecule has 2 N–H and O–H groups in total. The van der Waals surface area contributed by atoms with Crippen molar-refractivity contribution < 1.29 is 27.6 Å². The molecule has 1 atom stereocenters. The largest absolute Gasteiger partial charge is 0.440 e. The molecular weight excluding hydrogens is 423 g/mol. The highest BCUT2D eigenvalue weighted by Gasteiger charge is 2.68. The molecule has 0 unspecified atom stereocenters. The molecule has 2 aromatic rings. The van der Waals surface area contributed by atoms with E-state index < -0.39 is 29.7 Å². The minimum absolute atomic E-state index is 0.0635. The molecule has 1 fully saturated rings. The molecule has 0 saturated carbocycles. The third-order valence-corrected chi connectivity index (χ3v) is 5.31. The van der Waals surface area contributed by atoms with Crippen LogP contribution in [0.1, 0.15) is 42.3 Å². The van der Waals surface area contributed by atoms with Crippen LogP contribution in [-0.4, -0.2) is 41.1 Å². The molecule has 1 aliphatic rings. The first kappa shape index (κ1) is 23.3. The molecular formula is C23H24F3N3O3. The van der Waals surface area contributed by atoms with Crippen molar-refractivity contribution >= 4 is 17.8 Å². The average molecular weight is 447 g/mol. The molecule has 0 radical (unpaired) electrons. The number of nitrogens with zero attached hydrogens (tertiary/aromatic N) is 1. The van der Waals surface area contributed by atoms with Gasteiger partial charge in [0.2, 0.25) is 0 Å². The summed E-state index contributed by atoms with van der Waals surface area (Å²) in [5, 5.41) is 3.39. The van der Waals surface area contributed by atoms with Gasteiger partial charge in [-0.25, -0.2) is 4.79 Å². The zero-order valence-electron chi connectivity index (χ0n) is 17.9. The molecule has 9 heteroatoms. The summed E-state index contributed by atoms with van der Waals surface area (Å²) < 4.78 is 42.0. The van der Waals surface area contributed by atoms with Gasteiger partial charge < -0.3 is 5.32 Å². The van der Waals surface area contributed by atoms with Crippen LogP contribution in [0.2, 0.25) is 0 Å². The molecule has 0 aliphatic carbocycles.